The number of benzene rings is 2. The second kappa shape index (κ2) is 10.8. The molecule has 2 aromatic rings. The van der Waals surface area contributed by atoms with E-state index < -0.39 is 71.5 Å². The molecule has 208 valence electrons. The Balaban J connectivity index is 1.96. The summed E-state index contributed by atoms with van der Waals surface area (Å²) in [4.78, 5) is 12.5. The highest BCUT2D eigenvalue weighted by molar-refractivity contribution is 6.32. The van der Waals surface area contributed by atoms with Crippen LogP contribution in [0.1, 0.15) is 69.8 Å². The third-order valence-electron chi connectivity index (χ3n) is 6.38. The van der Waals surface area contributed by atoms with E-state index in [-0.39, 0.29) is 35.6 Å². The number of aryl methyl sites for hydroxylation is 2. The Kier molecular flexibility index (Phi) is 8.50. The lowest BCUT2D eigenvalue weighted by atomic mass is 9.91. The van der Waals surface area contributed by atoms with Crippen LogP contribution < -0.4 is 5.32 Å². The van der Waals surface area contributed by atoms with E-state index >= 15 is 4.39 Å². The largest absolute Gasteiger partial charge is 0.417 e. The fraction of sp³-hybridized carbons (Fsp3) is 0.423. The lowest BCUT2D eigenvalue weighted by Gasteiger charge is -2.29. The Hall–Kier alpha value is -2.69. The van der Waals surface area contributed by atoms with E-state index in [0.29, 0.717) is 17.2 Å². The second-order valence-corrected chi connectivity index (χ2v) is 9.74. The van der Waals surface area contributed by atoms with Gasteiger partial charge in [0.25, 0.3) is 5.91 Å². The van der Waals surface area contributed by atoms with Crippen molar-refractivity contribution in [3.63, 3.8) is 0 Å². The van der Waals surface area contributed by atoms with Crippen LogP contribution in [0.5, 0.6) is 0 Å². The van der Waals surface area contributed by atoms with Crippen LogP contribution in [0, 0.1) is 13.8 Å². The molecule has 0 spiro atoms. The summed E-state index contributed by atoms with van der Waals surface area (Å²) in [6, 6.07) is 3.12. The molecule has 1 aliphatic rings. The van der Waals surface area contributed by atoms with E-state index in [4.69, 9.17) is 11.6 Å². The van der Waals surface area contributed by atoms with E-state index in [1.165, 1.54) is 13.8 Å². The molecule has 1 unspecified atom stereocenters. The van der Waals surface area contributed by atoms with Gasteiger partial charge in [0.05, 0.1) is 11.1 Å². The molecule has 0 saturated heterocycles. The third kappa shape index (κ3) is 7.03. The average Bonchev–Trinajstić information content (AvgIpc) is 2.80. The van der Waals surface area contributed by atoms with Crippen LogP contribution in [0.2, 0.25) is 5.02 Å². The summed E-state index contributed by atoms with van der Waals surface area (Å²) in [6.45, 7) is 2.93. The first-order chi connectivity index (χ1) is 17.4. The zero-order valence-corrected chi connectivity index (χ0v) is 20.9. The van der Waals surface area contributed by atoms with Crippen molar-refractivity contribution in [2.75, 3.05) is 0 Å². The second-order valence-electron chi connectivity index (χ2n) is 9.36. The predicted molar refractivity (Wildman–Crippen MR) is 125 cm³/mol. The van der Waals surface area contributed by atoms with E-state index in [1.54, 1.807) is 0 Å². The first kappa shape index (κ1) is 29.9. The quantitative estimate of drug-likeness (QED) is 0.357. The average molecular weight is 572 g/mol. The van der Waals surface area contributed by atoms with Crippen molar-refractivity contribution >= 4 is 23.3 Å². The minimum absolute atomic E-state index is 0.141. The van der Waals surface area contributed by atoms with E-state index in [0.717, 1.165) is 18.2 Å². The first-order valence-electron chi connectivity index (χ1n) is 11.5. The van der Waals surface area contributed by atoms with Crippen LogP contribution in [0.3, 0.4) is 0 Å². The lowest BCUT2D eigenvalue weighted by molar-refractivity contribution is -0.140. The topological polar surface area (TPSA) is 29.1 Å². The maximum absolute atomic E-state index is 15.0. The lowest BCUT2D eigenvalue weighted by Crippen LogP contribution is -2.40. The van der Waals surface area contributed by atoms with Gasteiger partial charge in [0.1, 0.15) is 11.7 Å². The Labute approximate surface area is 217 Å². The molecular formula is C26H23ClF9NO. The monoisotopic (exact) mass is 571 g/mol. The Morgan fingerprint density at radius 1 is 1.03 bits per heavy atom. The van der Waals surface area contributed by atoms with Crippen LogP contribution >= 0.6 is 11.6 Å². The number of hydrogen-bond donors (Lipinski definition) is 1. The van der Waals surface area contributed by atoms with Gasteiger partial charge in [-0.05, 0) is 61.6 Å². The molecular weight excluding hydrogens is 549 g/mol. The predicted octanol–water partition coefficient (Wildman–Crippen LogP) is 8.94. The molecule has 0 radical (unpaired) electrons. The van der Waals surface area contributed by atoms with E-state index in [9.17, 15) is 39.9 Å². The van der Waals surface area contributed by atoms with Gasteiger partial charge < -0.3 is 5.32 Å². The van der Waals surface area contributed by atoms with Gasteiger partial charge in [0, 0.05) is 29.5 Å². The number of carbonyl (C=O) groups is 1. The molecule has 3 rings (SSSR count). The summed E-state index contributed by atoms with van der Waals surface area (Å²) in [5.41, 5.74) is -3.02. The minimum Gasteiger partial charge on any atom is -0.349 e. The summed E-state index contributed by atoms with van der Waals surface area (Å²) in [7, 11) is 0. The molecule has 12 heteroatoms. The summed E-state index contributed by atoms with van der Waals surface area (Å²) in [5, 5.41) is 2.51. The van der Waals surface area contributed by atoms with Crippen molar-refractivity contribution in [2.45, 2.75) is 69.8 Å². The van der Waals surface area contributed by atoms with Crippen molar-refractivity contribution in [3.05, 3.63) is 74.8 Å². The number of nitrogens with one attached hydrogen (secondary N) is 1. The van der Waals surface area contributed by atoms with E-state index in [1.807, 2.05) is 0 Å². The van der Waals surface area contributed by atoms with Crippen molar-refractivity contribution in [1.82, 2.24) is 5.32 Å². The smallest absolute Gasteiger partial charge is 0.349 e. The number of amides is 1. The highest BCUT2D eigenvalue weighted by Crippen LogP contribution is 2.41. The van der Waals surface area contributed by atoms with Gasteiger partial charge in [-0.15, -0.1) is 0 Å². The van der Waals surface area contributed by atoms with Crippen LogP contribution in [-0.2, 0) is 6.18 Å². The fourth-order valence-electron chi connectivity index (χ4n) is 4.35. The maximum Gasteiger partial charge on any atom is 0.417 e. The van der Waals surface area contributed by atoms with Crippen LogP contribution in [0.25, 0.3) is 5.83 Å². The third-order valence-corrected chi connectivity index (χ3v) is 6.98. The number of halogens is 10. The molecule has 2 aromatic carbocycles. The normalized spacial score (nSPS) is 17.8. The van der Waals surface area contributed by atoms with Crippen molar-refractivity contribution in [2.24, 2.45) is 0 Å². The molecule has 1 N–H and O–H groups in total. The maximum atomic E-state index is 15.0. The molecule has 0 bridgehead atoms. The molecule has 2 nitrogen and oxygen atoms in total. The van der Waals surface area contributed by atoms with Gasteiger partial charge in [0.2, 0.25) is 5.92 Å². The fourth-order valence-corrected chi connectivity index (χ4v) is 4.46. The minimum atomic E-state index is -5.16. The zero-order valence-electron chi connectivity index (χ0n) is 20.1. The molecule has 1 fully saturated rings. The summed E-state index contributed by atoms with van der Waals surface area (Å²) in [6.07, 6.45) is -11.3. The Morgan fingerprint density at radius 3 is 2.08 bits per heavy atom. The van der Waals surface area contributed by atoms with Crippen LogP contribution in [0.15, 0.2) is 36.4 Å². The van der Waals surface area contributed by atoms with Crippen molar-refractivity contribution < 1.29 is 44.3 Å². The van der Waals surface area contributed by atoms with Crippen LogP contribution in [0.4, 0.5) is 39.5 Å². The Morgan fingerprint density at radius 2 is 1.58 bits per heavy atom. The first-order valence-corrected chi connectivity index (χ1v) is 11.9. The van der Waals surface area contributed by atoms with Gasteiger partial charge in [-0.25, -0.2) is 13.2 Å². The standard InChI is InChI=1S/C26H23ClF9NO/c1-13-9-16(10-14(2)22(13)27)19(25(31,32)33)12-21(28)15-3-4-18(20(11-15)26(34,35)36)23(38)37-17-5-7-24(29,30)8-6-17/h3-4,9-12,17,19H,5-8H2,1-2H3,(H,37,38). The van der Waals surface area contributed by atoms with Crippen molar-refractivity contribution in [3.8, 4) is 0 Å². The molecule has 0 aromatic heterocycles. The number of carbonyl (C=O) groups excluding carboxylic acids is 1. The van der Waals surface area contributed by atoms with Crippen molar-refractivity contribution in [1.29, 1.82) is 0 Å². The zero-order chi connectivity index (χ0) is 28.6. The molecule has 1 aliphatic carbocycles. The molecule has 38 heavy (non-hydrogen) atoms. The summed E-state index contributed by atoms with van der Waals surface area (Å²) >= 11 is 6.00. The van der Waals surface area contributed by atoms with Gasteiger partial charge in [-0.3, -0.25) is 4.79 Å². The molecule has 1 atom stereocenters. The molecule has 1 saturated carbocycles. The van der Waals surface area contributed by atoms with Gasteiger partial charge in [-0.1, -0.05) is 29.8 Å². The highest BCUT2D eigenvalue weighted by atomic mass is 35.5. The van der Waals surface area contributed by atoms with Gasteiger partial charge >= 0.3 is 12.4 Å². The highest BCUT2D eigenvalue weighted by Gasteiger charge is 2.41. The van der Waals surface area contributed by atoms with E-state index in [2.05, 4.69) is 5.32 Å². The van der Waals surface area contributed by atoms with Gasteiger partial charge in [0.15, 0.2) is 0 Å². The number of hydrogen-bond acceptors (Lipinski definition) is 1. The summed E-state index contributed by atoms with van der Waals surface area (Å²) in [5.74, 6) is -8.19. The molecule has 0 heterocycles. The molecule has 0 aliphatic heterocycles. The van der Waals surface area contributed by atoms with Crippen LogP contribution in [-0.4, -0.2) is 24.0 Å². The molecule has 1 amide bonds. The number of alkyl halides is 8. The number of allylic oxidation sites excluding steroid dienone is 1. The summed E-state index contributed by atoms with van der Waals surface area (Å²) < 4.78 is 124. The Bertz CT molecular complexity index is 1200. The van der Waals surface area contributed by atoms with Gasteiger partial charge in [-0.2, -0.15) is 26.3 Å². The number of rotatable bonds is 5. The SMILES string of the molecule is Cc1cc(C(C=C(F)c2ccc(C(=O)NC3CCC(F)(F)CC3)c(C(F)(F)F)c2)C(F)(F)F)cc(C)c1Cl.